The fraction of sp³-hybridized carbons (Fsp3) is 0.238. The number of amides is 1. The average Bonchev–Trinajstić information content (AvgIpc) is 2.72. The van der Waals surface area contributed by atoms with E-state index in [1.54, 1.807) is 56.3 Å². The van der Waals surface area contributed by atoms with Crippen LogP contribution < -0.4 is 10.1 Å². The predicted molar refractivity (Wildman–Crippen MR) is 109 cm³/mol. The molecule has 1 amide bonds. The Morgan fingerprint density at radius 2 is 1.83 bits per heavy atom. The Kier molecular flexibility index (Phi) is 8.25. The molecule has 0 heterocycles. The second-order valence-corrected chi connectivity index (χ2v) is 6.83. The third kappa shape index (κ3) is 6.97. The van der Waals surface area contributed by atoms with E-state index in [-0.39, 0.29) is 12.4 Å². The fourth-order valence-corrected chi connectivity index (χ4v) is 2.83. The van der Waals surface area contributed by atoms with Gasteiger partial charge in [-0.15, -0.1) is 0 Å². The molecule has 0 unspecified atom stereocenters. The summed E-state index contributed by atoms with van der Waals surface area (Å²) in [5.74, 6) is -0.725. The van der Waals surface area contributed by atoms with Crippen LogP contribution in [0.4, 0.5) is 5.69 Å². The number of rotatable bonds is 9. The molecule has 0 aliphatic rings. The minimum atomic E-state index is -0.689. The number of benzene rings is 2. The van der Waals surface area contributed by atoms with Gasteiger partial charge in [0.1, 0.15) is 11.2 Å². The maximum Gasteiger partial charge on any atom is 0.344 e. The molecule has 150 valence electrons. The van der Waals surface area contributed by atoms with Crippen LogP contribution in [0.15, 0.2) is 47.4 Å². The number of thiocyanates is 1. The SMILES string of the molecule is CCC(=O)c1ccc(OCC(=O)OCC(=O)Nc2ccc(SC#N)cc2C)cc1. The molecule has 0 bridgehead atoms. The van der Waals surface area contributed by atoms with E-state index in [0.717, 1.165) is 22.2 Å². The highest BCUT2D eigenvalue weighted by Crippen LogP contribution is 2.23. The summed E-state index contributed by atoms with van der Waals surface area (Å²) in [6.45, 7) is 2.78. The summed E-state index contributed by atoms with van der Waals surface area (Å²) in [5.41, 5.74) is 1.94. The summed E-state index contributed by atoms with van der Waals surface area (Å²) in [6.07, 6.45) is 0.414. The summed E-state index contributed by atoms with van der Waals surface area (Å²) in [5, 5.41) is 13.3. The van der Waals surface area contributed by atoms with Gasteiger partial charge in [0.2, 0.25) is 0 Å². The van der Waals surface area contributed by atoms with Gasteiger partial charge in [0, 0.05) is 22.6 Å². The van der Waals surface area contributed by atoms with Crippen LogP contribution in [-0.2, 0) is 14.3 Å². The summed E-state index contributed by atoms with van der Waals surface area (Å²) in [4.78, 5) is 36.1. The standard InChI is InChI=1S/C21H20N2O5S/c1-3-19(24)15-4-6-16(7-5-15)27-12-21(26)28-11-20(25)23-18-9-8-17(29-13-22)10-14(18)2/h4-10H,3,11-12H2,1-2H3,(H,23,25). The van der Waals surface area contributed by atoms with Crippen molar-refractivity contribution >= 4 is 35.1 Å². The number of nitrogens with one attached hydrogen (secondary N) is 1. The van der Waals surface area contributed by atoms with Gasteiger partial charge < -0.3 is 14.8 Å². The number of thioether (sulfide) groups is 1. The van der Waals surface area contributed by atoms with Crippen LogP contribution in [0.2, 0.25) is 0 Å². The quantitative estimate of drug-likeness (QED) is 0.290. The number of hydrogen-bond acceptors (Lipinski definition) is 7. The highest BCUT2D eigenvalue weighted by Gasteiger charge is 2.11. The molecule has 2 aromatic rings. The Hall–Kier alpha value is -3.31. The van der Waals surface area contributed by atoms with Crippen LogP contribution in [0, 0.1) is 17.6 Å². The van der Waals surface area contributed by atoms with E-state index in [1.165, 1.54) is 0 Å². The van der Waals surface area contributed by atoms with Gasteiger partial charge >= 0.3 is 5.97 Å². The van der Waals surface area contributed by atoms with Gasteiger partial charge in [0.15, 0.2) is 19.0 Å². The molecule has 0 atom stereocenters. The first-order valence-corrected chi connectivity index (χ1v) is 9.62. The van der Waals surface area contributed by atoms with Crippen LogP contribution in [0.3, 0.4) is 0 Å². The fourth-order valence-electron chi connectivity index (χ4n) is 2.35. The van der Waals surface area contributed by atoms with Gasteiger partial charge in [0.25, 0.3) is 5.91 Å². The van der Waals surface area contributed by atoms with Crippen molar-refractivity contribution in [2.45, 2.75) is 25.2 Å². The van der Waals surface area contributed by atoms with Crippen molar-refractivity contribution in [3.63, 3.8) is 0 Å². The molecule has 0 spiro atoms. The summed E-state index contributed by atoms with van der Waals surface area (Å²) in [7, 11) is 0. The molecule has 1 N–H and O–H groups in total. The number of carbonyl (C=O) groups excluding carboxylic acids is 3. The van der Waals surface area contributed by atoms with Crippen molar-refractivity contribution < 1.29 is 23.9 Å². The van der Waals surface area contributed by atoms with Crippen molar-refractivity contribution in [3.05, 3.63) is 53.6 Å². The lowest BCUT2D eigenvalue weighted by atomic mass is 10.1. The number of nitrogens with zero attached hydrogens (tertiary/aromatic N) is 1. The van der Waals surface area contributed by atoms with Crippen LogP contribution in [0.5, 0.6) is 5.75 Å². The van der Waals surface area contributed by atoms with Crippen molar-refractivity contribution in [2.75, 3.05) is 18.5 Å². The lowest BCUT2D eigenvalue weighted by Crippen LogP contribution is -2.24. The first kappa shape index (κ1) is 22.0. The number of hydrogen-bond donors (Lipinski definition) is 1. The summed E-state index contributed by atoms with van der Waals surface area (Å²) < 4.78 is 10.2. The Bertz CT molecular complexity index is 935. The van der Waals surface area contributed by atoms with Crippen LogP contribution >= 0.6 is 11.8 Å². The lowest BCUT2D eigenvalue weighted by Gasteiger charge is -2.10. The molecule has 8 heteroatoms. The molecule has 0 aliphatic heterocycles. The van der Waals surface area contributed by atoms with E-state index in [9.17, 15) is 14.4 Å². The van der Waals surface area contributed by atoms with Gasteiger partial charge in [0.05, 0.1) is 0 Å². The van der Waals surface area contributed by atoms with E-state index in [2.05, 4.69) is 5.32 Å². The summed E-state index contributed by atoms with van der Waals surface area (Å²) >= 11 is 1.03. The molecular formula is C21H20N2O5S. The highest BCUT2D eigenvalue weighted by atomic mass is 32.2. The first-order chi connectivity index (χ1) is 13.9. The zero-order chi connectivity index (χ0) is 21.2. The van der Waals surface area contributed by atoms with E-state index in [4.69, 9.17) is 14.7 Å². The zero-order valence-electron chi connectivity index (χ0n) is 16.1. The van der Waals surface area contributed by atoms with Crippen molar-refractivity contribution in [3.8, 4) is 11.2 Å². The lowest BCUT2D eigenvalue weighted by molar-refractivity contribution is -0.149. The second-order valence-electron chi connectivity index (χ2n) is 5.97. The number of nitriles is 1. The van der Waals surface area contributed by atoms with E-state index >= 15 is 0 Å². The Balaban J connectivity index is 1.76. The summed E-state index contributed by atoms with van der Waals surface area (Å²) in [6, 6.07) is 11.6. The van der Waals surface area contributed by atoms with Gasteiger partial charge in [-0.05, 0) is 66.7 Å². The molecule has 0 saturated carbocycles. The molecule has 0 saturated heterocycles. The molecule has 0 aromatic heterocycles. The number of anilines is 1. The topological polar surface area (TPSA) is 105 Å². The van der Waals surface area contributed by atoms with Crippen molar-refractivity contribution in [1.82, 2.24) is 0 Å². The zero-order valence-corrected chi connectivity index (χ0v) is 16.9. The predicted octanol–water partition coefficient (Wildman–Crippen LogP) is 3.72. The third-order valence-corrected chi connectivity index (χ3v) is 4.43. The van der Waals surface area contributed by atoms with Crippen molar-refractivity contribution in [1.29, 1.82) is 5.26 Å². The molecule has 0 aliphatic carbocycles. The number of aryl methyl sites for hydroxylation is 1. The minimum Gasteiger partial charge on any atom is -0.482 e. The maximum absolute atomic E-state index is 12.0. The smallest absolute Gasteiger partial charge is 0.344 e. The molecule has 29 heavy (non-hydrogen) atoms. The highest BCUT2D eigenvalue weighted by molar-refractivity contribution is 8.03. The average molecular weight is 412 g/mol. The Labute approximate surface area is 173 Å². The van der Waals surface area contributed by atoms with E-state index in [0.29, 0.717) is 23.4 Å². The molecular weight excluding hydrogens is 392 g/mol. The molecule has 0 radical (unpaired) electrons. The molecule has 0 fully saturated rings. The van der Waals surface area contributed by atoms with Gasteiger partial charge in [-0.2, -0.15) is 5.26 Å². The number of esters is 1. The molecule has 7 nitrogen and oxygen atoms in total. The van der Waals surface area contributed by atoms with Crippen LogP contribution in [0.25, 0.3) is 0 Å². The number of carbonyl (C=O) groups is 3. The van der Waals surface area contributed by atoms with Crippen molar-refractivity contribution in [2.24, 2.45) is 0 Å². The maximum atomic E-state index is 12.0. The van der Waals surface area contributed by atoms with E-state index in [1.807, 2.05) is 5.40 Å². The van der Waals surface area contributed by atoms with Gasteiger partial charge in [-0.3, -0.25) is 9.59 Å². The van der Waals surface area contributed by atoms with Gasteiger partial charge in [-0.1, -0.05) is 6.92 Å². The van der Waals surface area contributed by atoms with Gasteiger partial charge in [-0.25, -0.2) is 4.79 Å². The third-order valence-electron chi connectivity index (χ3n) is 3.85. The first-order valence-electron chi connectivity index (χ1n) is 8.81. The van der Waals surface area contributed by atoms with Crippen LogP contribution in [-0.4, -0.2) is 30.9 Å². The number of Topliss-reactive ketones (excluding diaryl/α,β-unsaturated/α-hetero) is 1. The Morgan fingerprint density at radius 3 is 2.45 bits per heavy atom. The normalized spacial score (nSPS) is 9.97. The molecule has 2 aromatic carbocycles. The van der Waals surface area contributed by atoms with Crippen LogP contribution in [0.1, 0.15) is 29.3 Å². The largest absolute Gasteiger partial charge is 0.482 e. The monoisotopic (exact) mass is 412 g/mol. The van der Waals surface area contributed by atoms with E-state index < -0.39 is 18.5 Å². The Morgan fingerprint density at radius 1 is 1.10 bits per heavy atom. The number of ketones is 1. The number of ether oxygens (including phenoxy) is 2. The molecule has 2 rings (SSSR count). The minimum absolute atomic E-state index is 0.0238. The second kappa shape index (κ2) is 10.9.